The third kappa shape index (κ3) is 5.10. The summed E-state index contributed by atoms with van der Waals surface area (Å²) in [7, 11) is 0. The minimum Gasteiger partial charge on any atom is -0.326 e. The molecule has 2 aromatic rings. The van der Waals surface area contributed by atoms with Gasteiger partial charge in [-0.25, -0.2) is 0 Å². The quantitative estimate of drug-likeness (QED) is 0.558. The van der Waals surface area contributed by atoms with E-state index in [2.05, 4.69) is 5.32 Å². The van der Waals surface area contributed by atoms with Gasteiger partial charge >= 0.3 is 12.4 Å². The van der Waals surface area contributed by atoms with Crippen LogP contribution in [0.15, 0.2) is 48.5 Å². The lowest BCUT2D eigenvalue weighted by molar-refractivity contribution is -0.143. The highest BCUT2D eigenvalue weighted by Crippen LogP contribution is 2.40. The second-order valence-electron chi connectivity index (χ2n) is 7.22. The van der Waals surface area contributed by atoms with Crippen molar-refractivity contribution in [2.75, 3.05) is 5.32 Å². The highest BCUT2D eigenvalue weighted by Gasteiger charge is 2.38. The first-order valence-electron chi connectivity index (χ1n) is 9.21. The maximum absolute atomic E-state index is 13.1. The zero-order valence-electron chi connectivity index (χ0n) is 15.3. The SMILES string of the molecule is O=C(Nc1cc(C(F)(F)F)cc(C(F)(F)F)c1)[C@H](c1ccccc1)C1CCCC1. The van der Waals surface area contributed by atoms with Gasteiger partial charge in [0.05, 0.1) is 17.0 Å². The molecule has 2 aromatic carbocycles. The predicted octanol–water partition coefficient (Wildman–Crippen LogP) is 6.64. The summed E-state index contributed by atoms with van der Waals surface area (Å²) in [6.07, 6.45) is -6.51. The van der Waals surface area contributed by atoms with E-state index in [-0.39, 0.29) is 12.0 Å². The second-order valence-corrected chi connectivity index (χ2v) is 7.22. The third-order valence-electron chi connectivity index (χ3n) is 5.17. The smallest absolute Gasteiger partial charge is 0.326 e. The van der Waals surface area contributed by atoms with Gasteiger partial charge < -0.3 is 5.32 Å². The minimum absolute atomic E-state index is 0.00900. The summed E-state index contributed by atoms with van der Waals surface area (Å²) in [6, 6.07) is 9.86. The van der Waals surface area contributed by atoms with Gasteiger partial charge in [0.1, 0.15) is 0 Å². The monoisotopic (exact) mass is 415 g/mol. The highest BCUT2D eigenvalue weighted by molar-refractivity contribution is 5.96. The summed E-state index contributed by atoms with van der Waals surface area (Å²) in [5.74, 6) is -1.25. The minimum atomic E-state index is -4.97. The Hall–Kier alpha value is -2.51. The number of benzene rings is 2. The van der Waals surface area contributed by atoms with Crippen LogP contribution in [0.25, 0.3) is 0 Å². The summed E-state index contributed by atoms with van der Waals surface area (Å²) < 4.78 is 78.4. The molecule has 0 aromatic heterocycles. The Kier molecular flexibility index (Phi) is 5.91. The van der Waals surface area contributed by atoms with Gasteiger partial charge in [0, 0.05) is 5.69 Å². The number of hydrogen-bond donors (Lipinski definition) is 1. The molecule has 0 radical (unpaired) electrons. The first-order valence-corrected chi connectivity index (χ1v) is 9.21. The zero-order chi connectivity index (χ0) is 21.2. The van der Waals surface area contributed by atoms with E-state index in [1.165, 1.54) is 0 Å². The van der Waals surface area contributed by atoms with Crippen molar-refractivity contribution >= 4 is 11.6 Å². The van der Waals surface area contributed by atoms with E-state index in [4.69, 9.17) is 0 Å². The Morgan fingerprint density at radius 3 is 1.86 bits per heavy atom. The van der Waals surface area contributed by atoms with E-state index < -0.39 is 41.0 Å². The number of alkyl halides is 6. The lowest BCUT2D eigenvalue weighted by Gasteiger charge is -2.24. The van der Waals surface area contributed by atoms with Gasteiger partial charge in [0.25, 0.3) is 0 Å². The van der Waals surface area contributed by atoms with Crippen molar-refractivity contribution < 1.29 is 31.1 Å². The fraction of sp³-hybridized carbons (Fsp3) is 0.381. The summed E-state index contributed by atoms with van der Waals surface area (Å²) in [5.41, 5.74) is -2.74. The number of nitrogens with one attached hydrogen (secondary N) is 1. The molecule has 0 heterocycles. The van der Waals surface area contributed by atoms with Crippen LogP contribution in [0.4, 0.5) is 32.0 Å². The van der Waals surface area contributed by atoms with Crippen LogP contribution in [-0.2, 0) is 17.1 Å². The van der Waals surface area contributed by atoms with Crippen LogP contribution in [-0.4, -0.2) is 5.91 Å². The highest BCUT2D eigenvalue weighted by atomic mass is 19.4. The number of amides is 1. The van der Waals surface area contributed by atoms with Gasteiger partial charge in [-0.1, -0.05) is 43.2 Å². The van der Waals surface area contributed by atoms with Gasteiger partial charge in [-0.2, -0.15) is 26.3 Å². The molecule has 1 amide bonds. The van der Waals surface area contributed by atoms with Crippen molar-refractivity contribution in [3.63, 3.8) is 0 Å². The Morgan fingerprint density at radius 2 is 1.38 bits per heavy atom. The molecule has 156 valence electrons. The summed E-state index contributed by atoms with van der Waals surface area (Å²) in [4.78, 5) is 12.9. The van der Waals surface area contributed by atoms with E-state index in [1.807, 2.05) is 0 Å². The molecule has 2 nitrogen and oxygen atoms in total. The van der Waals surface area contributed by atoms with Crippen molar-refractivity contribution in [3.8, 4) is 0 Å². The van der Waals surface area contributed by atoms with Crippen molar-refractivity contribution in [1.29, 1.82) is 0 Å². The molecule has 1 atom stereocenters. The van der Waals surface area contributed by atoms with Crippen molar-refractivity contribution in [2.45, 2.75) is 44.0 Å². The molecule has 0 aliphatic heterocycles. The number of carbonyl (C=O) groups is 1. The van der Waals surface area contributed by atoms with Crippen LogP contribution in [0.3, 0.4) is 0 Å². The lowest BCUT2D eigenvalue weighted by atomic mass is 9.84. The molecule has 8 heteroatoms. The molecule has 0 bridgehead atoms. The summed E-state index contributed by atoms with van der Waals surface area (Å²) in [5, 5.41) is 2.30. The lowest BCUT2D eigenvalue weighted by Crippen LogP contribution is -2.27. The van der Waals surface area contributed by atoms with E-state index >= 15 is 0 Å². The normalized spacial score (nSPS) is 16.6. The van der Waals surface area contributed by atoms with Crippen LogP contribution in [0, 0.1) is 5.92 Å². The molecule has 29 heavy (non-hydrogen) atoms. The van der Waals surface area contributed by atoms with Crippen molar-refractivity contribution in [3.05, 3.63) is 65.2 Å². The third-order valence-corrected chi connectivity index (χ3v) is 5.17. The summed E-state index contributed by atoms with van der Waals surface area (Å²) in [6.45, 7) is 0. The maximum Gasteiger partial charge on any atom is 0.416 e. The number of hydrogen-bond acceptors (Lipinski definition) is 1. The molecule has 1 N–H and O–H groups in total. The van der Waals surface area contributed by atoms with E-state index in [0.29, 0.717) is 17.7 Å². The average Bonchev–Trinajstić information content (AvgIpc) is 3.15. The van der Waals surface area contributed by atoms with E-state index in [0.717, 1.165) is 25.7 Å². The molecule has 1 saturated carbocycles. The fourth-order valence-corrected chi connectivity index (χ4v) is 3.84. The van der Waals surface area contributed by atoms with Crippen LogP contribution in [0.2, 0.25) is 0 Å². The molecule has 0 saturated heterocycles. The summed E-state index contributed by atoms with van der Waals surface area (Å²) >= 11 is 0. The standard InChI is InChI=1S/C21H19F6NO/c22-20(23,24)15-10-16(21(25,26)27)12-17(11-15)28-19(29)18(14-8-4-5-9-14)13-6-2-1-3-7-13/h1-3,6-7,10-12,14,18H,4-5,8-9H2,(H,28,29)/t18-/m1/s1. The number of carbonyl (C=O) groups excluding carboxylic acids is 1. The largest absolute Gasteiger partial charge is 0.416 e. The Bertz CT molecular complexity index is 821. The number of rotatable bonds is 4. The number of anilines is 1. The van der Waals surface area contributed by atoms with E-state index in [9.17, 15) is 31.1 Å². The zero-order valence-corrected chi connectivity index (χ0v) is 15.3. The predicted molar refractivity (Wildman–Crippen MR) is 96.2 cm³/mol. The van der Waals surface area contributed by atoms with Crippen molar-refractivity contribution in [1.82, 2.24) is 0 Å². The second kappa shape index (κ2) is 8.08. The Morgan fingerprint density at radius 1 is 0.862 bits per heavy atom. The molecule has 1 aliphatic carbocycles. The Labute approximate surface area is 163 Å². The molecule has 0 spiro atoms. The van der Waals surface area contributed by atoms with E-state index in [1.54, 1.807) is 30.3 Å². The molecular formula is C21H19F6NO. The molecule has 1 fully saturated rings. The maximum atomic E-state index is 13.1. The topological polar surface area (TPSA) is 29.1 Å². The van der Waals surface area contributed by atoms with Crippen LogP contribution in [0.1, 0.15) is 48.3 Å². The van der Waals surface area contributed by atoms with Crippen LogP contribution < -0.4 is 5.32 Å². The first kappa shape index (κ1) is 21.2. The molecule has 0 unspecified atom stereocenters. The van der Waals surface area contributed by atoms with Gasteiger partial charge in [0.15, 0.2) is 0 Å². The molecule has 3 rings (SSSR count). The van der Waals surface area contributed by atoms with Crippen LogP contribution >= 0.6 is 0 Å². The van der Waals surface area contributed by atoms with Gasteiger partial charge in [-0.15, -0.1) is 0 Å². The average molecular weight is 415 g/mol. The molecular weight excluding hydrogens is 396 g/mol. The first-order chi connectivity index (χ1) is 13.6. The van der Waals surface area contributed by atoms with Crippen LogP contribution in [0.5, 0.6) is 0 Å². The van der Waals surface area contributed by atoms with Gasteiger partial charge in [0.2, 0.25) is 5.91 Å². The fourth-order valence-electron chi connectivity index (χ4n) is 3.84. The Balaban J connectivity index is 1.95. The van der Waals surface area contributed by atoms with Gasteiger partial charge in [-0.05, 0) is 42.5 Å². The molecule has 1 aliphatic rings. The number of halogens is 6. The van der Waals surface area contributed by atoms with Crippen molar-refractivity contribution in [2.24, 2.45) is 5.92 Å². The van der Waals surface area contributed by atoms with Gasteiger partial charge in [-0.3, -0.25) is 4.79 Å².